The van der Waals surface area contributed by atoms with Crippen LogP contribution < -0.4 is 0 Å². The van der Waals surface area contributed by atoms with Crippen molar-refractivity contribution >= 4 is 0 Å². The second kappa shape index (κ2) is 40.7. The van der Waals surface area contributed by atoms with E-state index in [1.807, 2.05) is 69.2 Å². The number of aryl methyl sites for hydroxylation is 1. The molecule has 1 unspecified atom stereocenters. The second-order valence-electron chi connectivity index (χ2n) is 16.5. The second-order valence-corrected chi connectivity index (χ2v) is 16.5. The van der Waals surface area contributed by atoms with Crippen LogP contribution in [-0.4, -0.2) is 19.9 Å². The van der Waals surface area contributed by atoms with Crippen LogP contribution in [0.1, 0.15) is 228 Å². The van der Waals surface area contributed by atoms with E-state index in [1.165, 1.54) is 57.8 Å². The number of aromatic nitrogens is 4. The lowest BCUT2D eigenvalue weighted by Crippen LogP contribution is -2.12. The number of nitrogens with zero attached hydrogens (tertiary/aromatic N) is 4. The van der Waals surface area contributed by atoms with Crippen LogP contribution in [0, 0.1) is 29.6 Å². The number of hydrogen-bond donors (Lipinski definition) is 0. The Morgan fingerprint density at radius 1 is 0.426 bits per heavy atom. The Morgan fingerprint density at radius 2 is 0.820 bits per heavy atom. The fraction of sp³-hybridized carbons (Fsp3) is 0.649. The molecular formula is C57H100N4. The van der Waals surface area contributed by atoms with Gasteiger partial charge in [0, 0.05) is 37.2 Å². The molecule has 0 bridgehead atoms. The molecule has 3 aliphatic rings. The van der Waals surface area contributed by atoms with Gasteiger partial charge < -0.3 is 0 Å². The molecule has 0 saturated heterocycles. The van der Waals surface area contributed by atoms with Crippen molar-refractivity contribution in [2.75, 3.05) is 0 Å². The van der Waals surface area contributed by atoms with Crippen LogP contribution in [0.5, 0.6) is 0 Å². The van der Waals surface area contributed by atoms with Crippen LogP contribution in [0.2, 0.25) is 0 Å². The highest BCUT2D eigenvalue weighted by atomic mass is 14.8. The molecule has 4 nitrogen and oxygen atoms in total. The van der Waals surface area contributed by atoms with Crippen LogP contribution in [0.15, 0.2) is 85.7 Å². The van der Waals surface area contributed by atoms with Crippen molar-refractivity contribution in [3.63, 3.8) is 0 Å². The summed E-state index contributed by atoms with van der Waals surface area (Å²) in [4.78, 5) is 16.1. The molecule has 2 heterocycles. The summed E-state index contributed by atoms with van der Waals surface area (Å²) in [5.41, 5.74) is 8.45. The zero-order chi connectivity index (χ0) is 47.2. The van der Waals surface area contributed by atoms with E-state index in [-0.39, 0.29) is 0 Å². The molecule has 1 atom stereocenters. The Hall–Kier alpha value is -3.40. The van der Waals surface area contributed by atoms with Gasteiger partial charge in [0.15, 0.2) is 0 Å². The Labute approximate surface area is 381 Å². The maximum absolute atomic E-state index is 4.12. The minimum absolute atomic E-state index is 0.485. The van der Waals surface area contributed by atoms with Gasteiger partial charge in [-0.2, -0.15) is 0 Å². The third-order valence-corrected chi connectivity index (χ3v) is 11.0. The topological polar surface area (TPSA) is 51.6 Å². The number of hydrogen-bond acceptors (Lipinski definition) is 4. The molecule has 61 heavy (non-hydrogen) atoms. The molecule has 1 fully saturated rings. The predicted molar refractivity (Wildman–Crippen MR) is 275 cm³/mol. The minimum atomic E-state index is 0.485. The third kappa shape index (κ3) is 26.6. The van der Waals surface area contributed by atoms with Gasteiger partial charge >= 0.3 is 0 Å². The zero-order valence-corrected chi connectivity index (χ0v) is 43.9. The Morgan fingerprint density at radius 3 is 1.13 bits per heavy atom. The van der Waals surface area contributed by atoms with Gasteiger partial charge in [-0.25, -0.2) is 0 Å². The van der Waals surface area contributed by atoms with Gasteiger partial charge in [0.25, 0.3) is 0 Å². The van der Waals surface area contributed by atoms with Gasteiger partial charge in [0.05, 0.1) is 11.4 Å². The summed E-state index contributed by atoms with van der Waals surface area (Å²) in [7, 11) is 0. The summed E-state index contributed by atoms with van der Waals surface area (Å²) in [5.74, 6) is 6.30. The third-order valence-electron chi connectivity index (χ3n) is 11.0. The Bertz CT molecular complexity index is 1410. The van der Waals surface area contributed by atoms with Crippen molar-refractivity contribution in [3.8, 4) is 0 Å². The summed E-state index contributed by atoms with van der Waals surface area (Å²) >= 11 is 0. The lowest BCUT2D eigenvalue weighted by molar-refractivity contribution is 0.279. The molecule has 0 N–H and O–H groups in total. The quantitative estimate of drug-likeness (QED) is 0.201. The first-order valence-electron chi connectivity index (χ1n) is 25.1. The molecule has 0 aliphatic heterocycles. The van der Waals surface area contributed by atoms with E-state index in [4.69, 9.17) is 0 Å². The van der Waals surface area contributed by atoms with Gasteiger partial charge in [-0.3, -0.25) is 19.9 Å². The maximum atomic E-state index is 4.12. The van der Waals surface area contributed by atoms with E-state index >= 15 is 0 Å². The van der Waals surface area contributed by atoms with Gasteiger partial charge in [0.1, 0.15) is 0 Å². The van der Waals surface area contributed by atoms with Crippen molar-refractivity contribution in [2.45, 2.75) is 214 Å². The average Bonchev–Trinajstić information content (AvgIpc) is 3.97. The molecule has 4 aromatic rings. The van der Waals surface area contributed by atoms with Crippen LogP contribution in [0.3, 0.4) is 0 Å². The van der Waals surface area contributed by atoms with Crippen LogP contribution >= 0.6 is 0 Å². The molecule has 0 amide bonds. The van der Waals surface area contributed by atoms with Gasteiger partial charge in [-0.1, -0.05) is 219 Å². The Balaban J connectivity index is -0.000000658. The molecule has 0 spiro atoms. The van der Waals surface area contributed by atoms with E-state index in [9.17, 15) is 0 Å². The fourth-order valence-corrected chi connectivity index (χ4v) is 7.37. The summed E-state index contributed by atoms with van der Waals surface area (Å²) < 4.78 is 0. The van der Waals surface area contributed by atoms with Crippen molar-refractivity contribution in [1.29, 1.82) is 0 Å². The van der Waals surface area contributed by atoms with Crippen molar-refractivity contribution in [1.82, 2.24) is 19.9 Å². The largest absolute Gasteiger partial charge is 0.261 e. The summed E-state index contributed by atoms with van der Waals surface area (Å²) in [6, 6.07) is 17.8. The van der Waals surface area contributed by atoms with Crippen molar-refractivity contribution in [2.24, 2.45) is 29.6 Å². The highest BCUT2D eigenvalue weighted by Gasteiger charge is 2.24. The first-order chi connectivity index (χ1) is 29.5. The van der Waals surface area contributed by atoms with E-state index in [0.29, 0.717) is 11.8 Å². The molecule has 2 aromatic carbocycles. The molecule has 0 radical (unpaired) electrons. The summed E-state index contributed by atoms with van der Waals surface area (Å²) in [6.07, 6.45) is 23.1. The summed E-state index contributed by atoms with van der Waals surface area (Å²) in [5, 5.41) is 0. The van der Waals surface area contributed by atoms with E-state index in [1.54, 1.807) is 59.4 Å². The molecule has 7 rings (SSSR count). The van der Waals surface area contributed by atoms with E-state index < -0.39 is 0 Å². The van der Waals surface area contributed by atoms with Crippen LogP contribution in [-0.2, 0) is 19.3 Å². The van der Waals surface area contributed by atoms with Gasteiger partial charge in [0.2, 0.25) is 0 Å². The fourth-order valence-electron chi connectivity index (χ4n) is 7.37. The monoisotopic (exact) mass is 841 g/mol. The molecule has 348 valence electrons. The first kappa shape index (κ1) is 61.9. The van der Waals surface area contributed by atoms with Crippen LogP contribution in [0.25, 0.3) is 0 Å². The zero-order valence-electron chi connectivity index (χ0n) is 43.9. The highest BCUT2D eigenvalue weighted by molar-refractivity contribution is 5.35. The molecule has 4 heteroatoms. The number of rotatable bonds is 5. The SMILES string of the molecule is CC.CC.CC.CC.CC.CC(C)C1CCCCC1.CC(C)C1CCc2ccccc21.CC(C)C1Cc2ccccc2C1.CC(C)c1cnccn1.CC(C)c1cnccn1. The lowest BCUT2D eigenvalue weighted by Gasteiger charge is -2.24. The normalized spacial score (nSPS) is 14.4. The van der Waals surface area contributed by atoms with Crippen molar-refractivity contribution in [3.05, 3.63) is 119 Å². The number of benzene rings is 2. The highest BCUT2D eigenvalue weighted by Crippen LogP contribution is 2.37. The first-order valence-corrected chi connectivity index (χ1v) is 25.1. The van der Waals surface area contributed by atoms with E-state index in [0.717, 1.165) is 46.9 Å². The molecule has 1 saturated carbocycles. The van der Waals surface area contributed by atoms with Crippen molar-refractivity contribution < 1.29 is 0 Å². The average molecular weight is 841 g/mol. The standard InChI is InChI=1S/2C12H16.C9H18.2C7H10N2.5C2H6/c1-9(2)12-7-10-5-3-4-6-11(10)8-12;1-9(2)11-8-7-10-5-3-4-6-12(10)11;1-8(2)9-6-4-3-5-7-9;2*1-6(2)7-5-8-3-4-9-7;5*1-2/h3-6,9,12H,7-8H2,1-2H3;3-6,9,11H,7-8H2,1-2H3;8-9H,3-7H2,1-2H3;2*3-6H,1-2H3;5*1-2H3. The van der Waals surface area contributed by atoms with Crippen LogP contribution in [0.4, 0.5) is 0 Å². The molecule has 3 aliphatic carbocycles. The summed E-state index contributed by atoms with van der Waals surface area (Å²) in [6.45, 7) is 42.4. The maximum Gasteiger partial charge on any atom is 0.0612 e. The molecule has 2 aromatic heterocycles. The van der Waals surface area contributed by atoms with Gasteiger partial charge in [-0.05, 0) is 95.3 Å². The lowest BCUT2D eigenvalue weighted by atomic mass is 9.82. The predicted octanol–water partition coefficient (Wildman–Crippen LogP) is 18.0. The molecular weight excluding hydrogens is 741 g/mol. The smallest absolute Gasteiger partial charge is 0.0612 e. The van der Waals surface area contributed by atoms with E-state index in [2.05, 4.69) is 138 Å². The minimum Gasteiger partial charge on any atom is -0.261 e. The van der Waals surface area contributed by atoms with Gasteiger partial charge in [-0.15, -0.1) is 0 Å². The Kier molecular flexibility index (Phi) is 41.3. The number of fused-ring (bicyclic) bond motifs is 2.